The van der Waals surface area contributed by atoms with Crippen molar-refractivity contribution in [3.05, 3.63) is 65.7 Å². The number of esters is 1. The van der Waals surface area contributed by atoms with Gasteiger partial charge in [-0.2, -0.15) is 0 Å². The Morgan fingerprint density at radius 1 is 1.04 bits per heavy atom. The quantitative estimate of drug-likeness (QED) is 0.785. The largest absolute Gasteiger partial charge is 0.444 e. The van der Waals surface area contributed by atoms with Crippen LogP contribution in [0, 0.1) is 0 Å². The summed E-state index contributed by atoms with van der Waals surface area (Å²) < 4.78 is 28.4. The van der Waals surface area contributed by atoms with Gasteiger partial charge in [-0.15, -0.1) is 0 Å². The number of ether oxygens (including phenoxy) is 1. The maximum atomic E-state index is 12.5. The van der Waals surface area contributed by atoms with Crippen molar-refractivity contribution in [3.8, 4) is 0 Å². The maximum Gasteiger partial charge on any atom is 0.339 e. The zero-order chi connectivity index (χ0) is 18.7. The van der Waals surface area contributed by atoms with Crippen molar-refractivity contribution in [3.63, 3.8) is 0 Å². The van der Waals surface area contributed by atoms with Crippen molar-refractivity contribution in [1.82, 2.24) is 5.32 Å². The van der Waals surface area contributed by atoms with E-state index in [1.54, 1.807) is 24.3 Å². The van der Waals surface area contributed by atoms with Gasteiger partial charge in [0.1, 0.15) is 0 Å². The number of sulfone groups is 1. The summed E-state index contributed by atoms with van der Waals surface area (Å²) in [7, 11) is -3.35. The third-order valence-corrected chi connectivity index (χ3v) is 5.14. The topological polar surface area (TPSA) is 89.5 Å². The molecule has 2 aromatic rings. The molecular weight excluding hydrogens is 354 g/mol. The van der Waals surface area contributed by atoms with Crippen LogP contribution in [0.2, 0.25) is 0 Å². The molecule has 0 unspecified atom stereocenters. The van der Waals surface area contributed by atoms with Gasteiger partial charge < -0.3 is 10.1 Å². The molecule has 0 radical (unpaired) electrons. The molecule has 136 valence electrons. The zero-order valence-corrected chi connectivity index (χ0v) is 15.0. The molecule has 1 N–H and O–H groups in total. The van der Waals surface area contributed by atoms with E-state index >= 15 is 0 Å². The molecule has 2 aromatic carbocycles. The fourth-order valence-corrected chi connectivity index (χ4v) is 3.05. The summed E-state index contributed by atoms with van der Waals surface area (Å²) in [6.07, 6.45) is 1.88. The molecule has 7 heteroatoms. The third kappa shape index (κ3) is 4.49. The van der Waals surface area contributed by atoms with Gasteiger partial charge in [-0.3, -0.25) is 4.79 Å². The second-order valence-corrected chi connectivity index (χ2v) is 8.29. The molecule has 0 aromatic heterocycles. The number of benzene rings is 2. The Labute approximate surface area is 152 Å². The van der Waals surface area contributed by atoms with Crippen molar-refractivity contribution in [2.24, 2.45) is 0 Å². The van der Waals surface area contributed by atoms with E-state index in [0.717, 1.165) is 19.1 Å². The average Bonchev–Trinajstić information content (AvgIpc) is 3.43. The number of hydrogen-bond acceptors (Lipinski definition) is 5. The molecule has 0 aliphatic heterocycles. The molecule has 1 atom stereocenters. The smallest absolute Gasteiger partial charge is 0.339 e. The normalized spacial score (nSPS) is 15.1. The summed E-state index contributed by atoms with van der Waals surface area (Å²) in [5.74, 6) is -1.05. The van der Waals surface area contributed by atoms with Gasteiger partial charge in [0, 0.05) is 17.9 Å². The lowest BCUT2D eigenvalue weighted by Crippen LogP contribution is -2.33. The highest BCUT2D eigenvalue weighted by Crippen LogP contribution is 2.24. The molecule has 1 aliphatic carbocycles. The van der Waals surface area contributed by atoms with Crippen molar-refractivity contribution in [1.29, 1.82) is 0 Å². The highest BCUT2D eigenvalue weighted by atomic mass is 32.2. The van der Waals surface area contributed by atoms with Crippen molar-refractivity contribution >= 4 is 21.7 Å². The molecule has 3 rings (SSSR count). The third-order valence-electron chi connectivity index (χ3n) is 4.01. The molecule has 1 aliphatic rings. The van der Waals surface area contributed by atoms with Crippen molar-refractivity contribution in [2.45, 2.75) is 29.9 Å². The highest BCUT2D eigenvalue weighted by Gasteiger charge is 2.31. The Balaban J connectivity index is 1.79. The molecule has 1 fully saturated rings. The van der Waals surface area contributed by atoms with Gasteiger partial charge in [0.2, 0.25) is 6.10 Å². The van der Waals surface area contributed by atoms with Gasteiger partial charge in [-0.05, 0) is 37.1 Å². The van der Waals surface area contributed by atoms with Gasteiger partial charge in [0.15, 0.2) is 9.84 Å². The number of rotatable bonds is 6. The highest BCUT2D eigenvalue weighted by molar-refractivity contribution is 7.90. The fourth-order valence-electron chi connectivity index (χ4n) is 2.42. The predicted octanol–water partition coefficient (Wildman–Crippen LogP) is 2.27. The average molecular weight is 373 g/mol. The van der Waals surface area contributed by atoms with Crippen LogP contribution in [0.1, 0.15) is 34.9 Å². The minimum Gasteiger partial charge on any atom is -0.444 e. The van der Waals surface area contributed by atoms with Gasteiger partial charge in [-0.1, -0.05) is 30.3 Å². The molecular formula is C19H19NO5S. The van der Waals surface area contributed by atoms with E-state index in [0.29, 0.717) is 5.56 Å². The van der Waals surface area contributed by atoms with Crippen molar-refractivity contribution < 1.29 is 22.7 Å². The number of amides is 1. The molecule has 1 saturated carbocycles. The Morgan fingerprint density at radius 3 is 2.19 bits per heavy atom. The first-order chi connectivity index (χ1) is 12.3. The Morgan fingerprint density at radius 2 is 1.65 bits per heavy atom. The molecule has 0 bridgehead atoms. The Kier molecular flexibility index (Phi) is 5.08. The zero-order valence-electron chi connectivity index (χ0n) is 14.2. The van der Waals surface area contributed by atoms with Crippen LogP contribution in [0.15, 0.2) is 59.5 Å². The molecule has 6 nitrogen and oxygen atoms in total. The van der Waals surface area contributed by atoms with Crippen LogP contribution >= 0.6 is 0 Å². The Bertz CT molecular complexity index is 903. The lowest BCUT2D eigenvalue weighted by atomic mass is 10.1. The van der Waals surface area contributed by atoms with Crippen LogP contribution in [0.5, 0.6) is 0 Å². The number of carbonyl (C=O) groups is 2. The molecule has 26 heavy (non-hydrogen) atoms. The SMILES string of the molecule is CS(=O)(=O)c1ccc(C(=O)O[C@H](C(=O)NC2CC2)c2ccccc2)cc1. The van der Waals surface area contributed by atoms with Crippen LogP contribution in [-0.2, 0) is 19.4 Å². The van der Waals surface area contributed by atoms with Crippen LogP contribution in [-0.4, -0.2) is 32.6 Å². The summed E-state index contributed by atoms with van der Waals surface area (Å²) in [4.78, 5) is 25.0. The van der Waals surface area contributed by atoms with E-state index in [4.69, 9.17) is 4.74 Å². The minimum atomic E-state index is -3.35. The van der Waals surface area contributed by atoms with Gasteiger partial charge in [0.05, 0.1) is 10.5 Å². The summed E-state index contributed by atoms with van der Waals surface area (Å²) >= 11 is 0. The first-order valence-corrected chi connectivity index (χ1v) is 10.1. The van der Waals surface area contributed by atoms with Crippen LogP contribution in [0.25, 0.3) is 0 Å². The first-order valence-electron chi connectivity index (χ1n) is 8.21. The molecule has 0 heterocycles. The lowest BCUT2D eigenvalue weighted by Gasteiger charge is -2.18. The fraction of sp³-hybridized carbons (Fsp3) is 0.263. The van der Waals surface area contributed by atoms with E-state index in [9.17, 15) is 18.0 Å². The van der Waals surface area contributed by atoms with Crippen molar-refractivity contribution in [2.75, 3.05) is 6.26 Å². The predicted molar refractivity (Wildman–Crippen MR) is 95.3 cm³/mol. The van der Waals surface area contributed by atoms with Crippen LogP contribution in [0.4, 0.5) is 0 Å². The molecule has 1 amide bonds. The van der Waals surface area contributed by atoms with E-state index in [-0.39, 0.29) is 22.4 Å². The van der Waals surface area contributed by atoms with Crippen LogP contribution < -0.4 is 5.32 Å². The second kappa shape index (κ2) is 7.29. The number of nitrogens with one attached hydrogen (secondary N) is 1. The standard InChI is InChI=1S/C19H19NO5S/c1-26(23,24)16-11-7-14(8-12-16)19(22)25-17(13-5-3-2-4-6-13)18(21)20-15-9-10-15/h2-8,11-12,15,17H,9-10H2,1H3,(H,20,21)/t17-/m0/s1. The second-order valence-electron chi connectivity index (χ2n) is 6.28. The summed E-state index contributed by atoms with van der Waals surface area (Å²) in [5, 5.41) is 2.84. The monoisotopic (exact) mass is 373 g/mol. The first kappa shape index (κ1) is 18.1. The van der Waals surface area contributed by atoms with E-state index in [1.165, 1.54) is 24.3 Å². The van der Waals surface area contributed by atoms with Gasteiger partial charge in [-0.25, -0.2) is 13.2 Å². The van der Waals surface area contributed by atoms with Crippen LogP contribution in [0.3, 0.4) is 0 Å². The minimum absolute atomic E-state index is 0.111. The number of carbonyl (C=O) groups excluding carboxylic acids is 2. The summed E-state index contributed by atoms with van der Waals surface area (Å²) in [5.41, 5.74) is 0.754. The van der Waals surface area contributed by atoms with Gasteiger partial charge in [0.25, 0.3) is 5.91 Å². The van der Waals surface area contributed by atoms with E-state index in [1.807, 2.05) is 6.07 Å². The molecule has 0 spiro atoms. The van der Waals surface area contributed by atoms with Gasteiger partial charge >= 0.3 is 5.97 Å². The molecule has 0 saturated heterocycles. The summed E-state index contributed by atoms with van der Waals surface area (Å²) in [6, 6.07) is 14.4. The number of hydrogen-bond donors (Lipinski definition) is 1. The maximum absolute atomic E-state index is 12.5. The summed E-state index contributed by atoms with van der Waals surface area (Å²) in [6.45, 7) is 0. The Hall–Kier alpha value is -2.67. The van der Waals surface area contributed by atoms with E-state index < -0.39 is 21.9 Å². The lowest BCUT2D eigenvalue weighted by molar-refractivity contribution is -0.130. The van der Waals surface area contributed by atoms with E-state index in [2.05, 4.69) is 5.32 Å².